The van der Waals surface area contributed by atoms with Crippen LogP contribution < -0.4 is 5.73 Å². The van der Waals surface area contributed by atoms with Gasteiger partial charge in [0.05, 0.1) is 23.2 Å². The molecule has 2 N–H and O–H groups in total. The van der Waals surface area contributed by atoms with E-state index in [9.17, 15) is 8.42 Å². The molecule has 0 amide bonds. The molecule has 0 saturated carbocycles. The van der Waals surface area contributed by atoms with Gasteiger partial charge in [-0.05, 0) is 23.8 Å². The predicted molar refractivity (Wildman–Crippen MR) is 80.6 cm³/mol. The fraction of sp³-hybridized carbons (Fsp3) is 0.143. The van der Waals surface area contributed by atoms with Gasteiger partial charge < -0.3 is 10.3 Å². The average molecular weight is 302 g/mol. The van der Waals surface area contributed by atoms with E-state index in [1.165, 1.54) is 6.26 Å². The lowest BCUT2D eigenvalue weighted by Crippen LogP contribution is -2.05. The summed E-state index contributed by atoms with van der Waals surface area (Å²) in [5.74, 6) is 0.408. The van der Waals surface area contributed by atoms with E-state index in [0.717, 1.165) is 16.6 Å². The van der Waals surface area contributed by atoms with Crippen LogP contribution >= 0.6 is 0 Å². The van der Waals surface area contributed by atoms with Gasteiger partial charge in [-0.2, -0.15) is 0 Å². The normalized spacial score (nSPS) is 11.9. The van der Waals surface area contributed by atoms with Crippen molar-refractivity contribution in [2.75, 3.05) is 12.0 Å². The second-order valence-electron chi connectivity index (χ2n) is 4.84. The van der Waals surface area contributed by atoms with E-state index in [1.807, 2.05) is 10.6 Å². The maximum Gasteiger partial charge on any atom is 0.201 e. The van der Waals surface area contributed by atoms with Gasteiger partial charge in [0.2, 0.25) is 5.95 Å². The topological polar surface area (TPSA) is 90.9 Å². The first-order valence-corrected chi connectivity index (χ1v) is 8.19. The molecule has 0 radical (unpaired) electrons. The van der Waals surface area contributed by atoms with Gasteiger partial charge in [-0.3, -0.25) is 4.98 Å². The molecule has 0 bridgehead atoms. The number of hydrogen-bond acceptors (Lipinski definition) is 5. The lowest BCUT2D eigenvalue weighted by Gasteiger charge is -2.07. The zero-order valence-corrected chi connectivity index (χ0v) is 12.2. The van der Waals surface area contributed by atoms with Crippen molar-refractivity contribution in [1.82, 2.24) is 14.5 Å². The number of nitrogens with two attached hydrogens (primary N) is 1. The van der Waals surface area contributed by atoms with E-state index in [4.69, 9.17) is 5.73 Å². The number of aromatic nitrogens is 3. The number of nitrogen functional groups attached to an aromatic ring is 1. The molecule has 21 heavy (non-hydrogen) atoms. The van der Waals surface area contributed by atoms with Gasteiger partial charge in [0.25, 0.3) is 0 Å². The summed E-state index contributed by atoms with van der Waals surface area (Å²) >= 11 is 0. The molecular formula is C14H14N4O2S. The van der Waals surface area contributed by atoms with Crippen LogP contribution in [-0.2, 0) is 16.4 Å². The van der Waals surface area contributed by atoms with Crippen molar-refractivity contribution in [2.45, 2.75) is 11.4 Å². The molecule has 6 nitrogen and oxygen atoms in total. The zero-order chi connectivity index (χ0) is 15.0. The Bertz CT molecular complexity index is 898. The van der Waals surface area contributed by atoms with Crippen molar-refractivity contribution in [2.24, 2.45) is 0 Å². The van der Waals surface area contributed by atoms with Crippen LogP contribution in [0.4, 0.5) is 5.95 Å². The summed E-state index contributed by atoms with van der Waals surface area (Å²) in [4.78, 5) is 8.57. The van der Waals surface area contributed by atoms with E-state index >= 15 is 0 Å². The molecule has 0 aliphatic carbocycles. The van der Waals surface area contributed by atoms with Crippen LogP contribution in [0.5, 0.6) is 0 Å². The Hall–Kier alpha value is -2.41. The maximum absolute atomic E-state index is 11.4. The minimum atomic E-state index is -3.18. The molecule has 7 heteroatoms. The molecule has 2 aromatic heterocycles. The Morgan fingerprint density at radius 1 is 1.19 bits per heavy atom. The Morgan fingerprint density at radius 2 is 1.90 bits per heavy atom. The van der Waals surface area contributed by atoms with Crippen molar-refractivity contribution in [3.05, 3.63) is 48.3 Å². The number of hydrogen-bond donors (Lipinski definition) is 1. The first kappa shape index (κ1) is 13.6. The van der Waals surface area contributed by atoms with Gasteiger partial charge in [-0.15, -0.1) is 0 Å². The van der Waals surface area contributed by atoms with Gasteiger partial charge >= 0.3 is 0 Å². The van der Waals surface area contributed by atoms with Crippen LogP contribution in [-0.4, -0.2) is 29.2 Å². The highest BCUT2D eigenvalue weighted by Crippen LogP contribution is 2.19. The molecule has 0 atom stereocenters. The van der Waals surface area contributed by atoms with E-state index in [-0.39, 0.29) is 0 Å². The van der Waals surface area contributed by atoms with Crippen LogP contribution in [0.2, 0.25) is 0 Å². The standard InChI is InChI=1S/C14H14N4O2S/c1-21(19,20)11-4-2-10(3-5-11)9-18-13-6-7-16-8-12(13)17-14(18)15/h2-8H,9H2,1H3,(H2,15,17). The number of anilines is 1. The molecule has 0 aliphatic heterocycles. The van der Waals surface area contributed by atoms with Gasteiger partial charge in [0.15, 0.2) is 9.84 Å². The third-order valence-corrected chi connectivity index (χ3v) is 4.40. The molecule has 1 aromatic carbocycles. The van der Waals surface area contributed by atoms with E-state index < -0.39 is 9.84 Å². The Balaban J connectivity index is 1.97. The fourth-order valence-electron chi connectivity index (χ4n) is 2.19. The van der Waals surface area contributed by atoms with Crippen molar-refractivity contribution >= 4 is 26.8 Å². The molecule has 0 aliphatic rings. The predicted octanol–water partition coefficient (Wildman–Crippen LogP) is 1.47. The van der Waals surface area contributed by atoms with Crippen molar-refractivity contribution < 1.29 is 8.42 Å². The summed E-state index contributed by atoms with van der Waals surface area (Å²) in [6.45, 7) is 0.524. The van der Waals surface area contributed by atoms with Crippen LogP contribution in [0.25, 0.3) is 11.0 Å². The highest BCUT2D eigenvalue weighted by molar-refractivity contribution is 7.90. The molecule has 0 spiro atoms. The zero-order valence-electron chi connectivity index (χ0n) is 11.4. The summed E-state index contributed by atoms with van der Waals surface area (Å²) in [7, 11) is -3.18. The second kappa shape index (κ2) is 4.85. The summed E-state index contributed by atoms with van der Waals surface area (Å²) < 4.78 is 24.8. The van der Waals surface area contributed by atoms with E-state index in [0.29, 0.717) is 17.4 Å². The Kier molecular flexibility index (Phi) is 3.13. The van der Waals surface area contributed by atoms with E-state index in [2.05, 4.69) is 9.97 Å². The van der Waals surface area contributed by atoms with Gasteiger partial charge in [-0.1, -0.05) is 12.1 Å². The van der Waals surface area contributed by atoms with Gasteiger partial charge in [0, 0.05) is 12.5 Å². The Labute approximate surface area is 122 Å². The van der Waals surface area contributed by atoms with Crippen molar-refractivity contribution in [3.63, 3.8) is 0 Å². The fourth-order valence-corrected chi connectivity index (χ4v) is 2.82. The minimum Gasteiger partial charge on any atom is -0.369 e. The quantitative estimate of drug-likeness (QED) is 0.791. The highest BCUT2D eigenvalue weighted by atomic mass is 32.2. The largest absolute Gasteiger partial charge is 0.369 e. The Morgan fingerprint density at radius 3 is 2.57 bits per heavy atom. The average Bonchev–Trinajstić information content (AvgIpc) is 2.75. The molecule has 3 aromatic rings. The van der Waals surface area contributed by atoms with E-state index in [1.54, 1.807) is 36.7 Å². The van der Waals surface area contributed by atoms with Crippen LogP contribution in [0.3, 0.4) is 0 Å². The molecule has 0 fully saturated rings. The minimum absolute atomic E-state index is 0.305. The van der Waals surface area contributed by atoms with Crippen LogP contribution in [0, 0.1) is 0 Å². The molecule has 2 heterocycles. The van der Waals surface area contributed by atoms with Crippen LogP contribution in [0.1, 0.15) is 5.56 Å². The molecule has 0 saturated heterocycles. The highest BCUT2D eigenvalue weighted by Gasteiger charge is 2.10. The first-order chi connectivity index (χ1) is 9.95. The summed E-state index contributed by atoms with van der Waals surface area (Å²) in [6.07, 6.45) is 4.54. The monoisotopic (exact) mass is 302 g/mol. The lowest BCUT2D eigenvalue weighted by atomic mass is 10.2. The van der Waals surface area contributed by atoms with Crippen LogP contribution in [0.15, 0.2) is 47.6 Å². The second-order valence-corrected chi connectivity index (χ2v) is 6.85. The number of sulfone groups is 1. The number of rotatable bonds is 3. The SMILES string of the molecule is CS(=O)(=O)c1ccc(Cn2c(N)nc3cnccc32)cc1. The first-order valence-electron chi connectivity index (χ1n) is 6.30. The maximum atomic E-state index is 11.4. The third kappa shape index (κ3) is 2.59. The number of nitrogens with zero attached hydrogens (tertiary/aromatic N) is 3. The number of benzene rings is 1. The third-order valence-electron chi connectivity index (χ3n) is 3.27. The lowest BCUT2D eigenvalue weighted by molar-refractivity contribution is 0.602. The van der Waals surface area contributed by atoms with Gasteiger partial charge in [0.1, 0.15) is 5.52 Å². The molecule has 108 valence electrons. The molecule has 0 unspecified atom stereocenters. The summed E-state index contributed by atoms with van der Waals surface area (Å²) in [5.41, 5.74) is 8.51. The number of fused-ring (bicyclic) bond motifs is 1. The van der Waals surface area contributed by atoms with Crippen molar-refractivity contribution in [1.29, 1.82) is 0 Å². The summed E-state index contributed by atoms with van der Waals surface area (Å²) in [5, 5.41) is 0. The molecule has 3 rings (SSSR count). The summed E-state index contributed by atoms with van der Waals surface area (Å²) in [6, 6.07) is 8.61. The smallest absolute Gasteiger partial charge is 0.201 e. The molecular weight excluding hydrogens is 288 g/mol. The number of imidazole rings is 1. The van der Waals surface area contributed by atoms with Gasteiger partial charge in [-0.25, -0.2) is 13.4 Å². The van der Waals surface area contributed by atoms with Crippen molar-refractivity contribution in [3.8, 4) is 0 Å². The number of pyridine rings is 1.